The maximum absolute atomic E-state index is 13.6. The van der Waals surface area contributed by atoms with Crippen molar-refractivity contribution in [2.24, 2.45) is 5.92 Å². The molecule has 1 aromatic carbocycles. The van der Waals surface area contributed by atoms with Crippen LogP contribution >= 0.6 is 0 Å². The fourth-order valence-corrected chi connectivity index (χ4v) is 2.84. The summed E-state index contributed by atoms with van der Waals surface area (Å²) in [6.45, 7) is 1.93. The fraction of sp³-hybridized carbons (Fsp3) is 0.462. The summed E-state index contributed by atoms with van der Waals surface area (Å²) in [5.41, 5.74) is -0.300. The summed E-state index contributed by atoms with van der Waals surface area (Å²) in [5.74, 6) is -2.28. The van der Waals surface area contributed by atoms with Crippen LogP contribution in [0.4, 0.5) is 4.39 Å². The summed E-state index contributed by atoms with van der Waals surface area (Å²) in [4.78, 5) is 10.1. The normalized spacial score (nSPS) is 13.1. The van der Waals surface area contributed by atoms with Crippen molar-refractivity contribution >= 4 is 16.0 Å². The Hall–Kier alpha value is -1.51. The first-order valence-corrected chi connectivity index (χ1v) is 7.89. The highest BCUT2D eigenvalue weighted by Crippen LogP contribution is 2.16. The van der Waals surface area contributed by atoms with E-state index in [1.54, 1.807) is 0 Å². The van der Waals surface area contributed by atoms with E-state index >= 15 is 0 Å². The second kappa shape index (κ2) is 7.48. The van der Waals surface area contributed by atoms with E-state index in [4.69, 9.17) is 10.2 Å². The zero-order valence-corrected chi connectivity index (χ0v) is 12.4. The topological polar surface area (TPSA) is 104 Å². The third-order valence-electron chi connectivity index (χ3n) is 2.95. The number of nitrogens with one attached hydrogen (secondary N) is 1. The molecule has 0 spiro atoms. The number of rotatable bonds is 8. The minimum absolute atomic E-state index is 0.0159. The van der Waals surface area contributed by atoms with Gasteiger partial charge in [0, 0.05) is 13.2 Å². The van der Waals surface area contributed by atoms with E-state index in [1.807, 2.05) is 6.92 Å². The van der Waals surface area contributed by atoms with Gasteiger partial charge in [0.25, 0.3) is 0 Å². The Balaban J connectivity index is 2.78. The first-order chi connectivity index (χ1) is 9.77. The van der Waals surface area contributed by atoms with Crippen LogP contribution in [0.5, 0.6) is 0 Å². The quantitative estimate of drug-likeness (QED) is 0.625. The number of aromatic carboxylic acids is 1. The van der Waals surface area contributed by atoms with Gasteiger partial charge in [0.2, 0.25) is 10.0 Å². The van der Waals surface area contributed by atoms with Crippen LogP contribution in [0.3, 0.4) is 0 Å². The second-order valence-electron chi connectivity index (χ2n) is 4.78. The molecular weight excluding hydrogens is 301 g/mol. The van der Waals surface area contributed by atoms with Crippen LogP contribution in [0, 0.1) is 11.7 Å². The molecule has 0 aliphatic heterocycles. The summed E-state index contributed by atoms with van der Waals surface area (Å²) < 4.78 is 39.7. The number of carboxylic acids is 1. The van der Waals surface area contributed by atoms with Crippen LogP contribution in [0.25, 0.3) is 0 Å². The predicted octanol–water partition coefficient (Wildman–Crippen LogP) is 1.21. The van der Waals surface area contributed by atoms with E-state index < -0.39 is 26.7 Å². The van der Waals surface area contributed by atoms with E-state index in [1.165, 1.54) is 0 Å². The van der Waals surface area contributed by atoms with Crippen LogP contribution in [0.2, 0.25) is 0 Å². The maximum atomic E-state index is 13.6. The van der Waals surface area contributed by atoms with Gasteiger partial charge < -0.3 is 10.2 Å². The highest BCUT2D eigenvalue weighted by Gasteiger charge is 2.20. The van der Waals surface area contributed by atoms with Crippen molar-refractivity contribution in [2.45, 2.75) is 24.7 Å². The van der Waals surface area contributed by atoms with Crippen molar-refractivity contribution < 1.29 is 27.8 Å². The summed E-state index contributed by atoms with van der Waals surface area (Å²) >= 11 is 0. The zero-order valence-electron chi connectivity index (χ0n) is 11.5. The molecule has 1 unspecified atom stereocenters. The van der Waals surface area contributed by atoms with E-state index in [0.29, 0.717) is 12.8 Å². The van der Waals surface area contributed by atoms with Gasteiger partial charge in [-0.25, -0.2) is 22.3 Å². The molecule has 21 heavy (non-hydrogen) atoms. The molecule has 8 heteroatoms. The third-order valence-corrected chi connectivity index (χ3v) is 4.42. The monoisotopic (exact) mass is 319 g/mol. The Bertz CT molecular complexity index is 603. The summed E-state index contributed by atoms with van der Waals surface area (Å²) in [5, 5.41) is 17.7. The van der Waals surface area contributed by atoms with Crippen LogP contribution < -0.4 is 4.72 Å². The predicted molar refractivity (Wildman–Crippen MR) is 74.0 cm³/mol. The highest BCUT2D eigenvalue weighted by atomic mass is 32.2. The standard InChI is InChI=1S/C13H18FNO5S/c1-9(8-16)3-2-6-15-21(19,20)12-7-10(13(17)18)4-5-11(12)14/h4-5,7,9,15-16H,2-3,6,8H2,1H3,(H,17,18). The third kappa shape index (κ3) is 5.07. The van der Waals surface area contributed by atoms with Crippen molar-refractivity contribution in [3.05, 3.63) is 29.6 Å². The van der Waals surface area contributed by atoms with E-state index in [9.17, 15) is 17.6 Å². The molecule has 0 saturated heterocycles. The zero-order chi connectivity index (χ0) is 16.0. The number of benzene rings is 1. The Morgan fingerprint density at radius 3 is 2.67 bits per heavy atom. The van der Waals surface area contributed by atoms with Gasteiger partial charge in [-0.3, -0.25) is 0 Å². The first kappa shape index (κ1) is 17.5. The number of hydrogen-bond donors (Lipinski definition) is 3. The summed E-state index contributed by atoms with van der Waals surface area (Å²) in [6.07, 6.45) is 1.11. The Morgan fingerprint density at radius 1 is 1.43 bits per heavy atom. The fourth-order valence-electron chi connectivity index (χ4n) is 1.67. The van der Waals surface area contributed by atoms with Crippen LogP contribution in [-0.4, -0.2) is 37.8 Å². The van der Waals surface area contributed by atoms with Gasteiger partial charge in [0.1, 0.15) is 10.7 Å². The lowest BCUT2D eigenvalue weighted by Gasteiger charge is -2.10. The lowest BCUT2D eigenvalue weighted by molar-refractivity contribution is 0.0696. The minimum atomic E-state index is -4.10. The van der Waals surface area contributed by atoms with Crippen molar-refractivity contribution in [3.63, 3.8) is 0 Å². The van der Waals surface area contributed by atoms with Crippen molar-refractivity contribution in [1.29, 1.82) is 0 Å². The molecule has 0 aliphatic carbocycles. The van der Waals surface area contributed by atoms with Gasteiger partial charge >= 0.3 is 5.97 Å². The Labute approximate surface area is 122 Å². The molecule has 0 radical (unpaired) electrons. The molecule has 0 bridgehead atoms. The average molecular weight is 319 g/mol. The molecule has 0 saturated carbocycles. The maximum Gasteiger partial charge on any atom is 0.335 e. The molecule has 0 aliphatic rings. The van der Waals surface area contributed by atoms with Crippen LogP contribution in [0.15, 0.2) is 23.1 Å². The molecule has 0 fully saturated rings. The Kier molecular flexibility index (Phi) is 6.25. The van der Waals surface area contributed by atoms with Gasteiger partial charge in [-0.2, -0.15) is 0 Å². The number of aliphatic hydroxyl groups excluding tert-OH is 1. The van der Waals surface area contributed by atoms with Crippen LogP contribution in [0.1, 0.15) is 30.1 Å². The number of halogens is 1. The Morgan fingerprint density at radius 2 is 2.10 bits per heavy atom. The highest BCUT2D eigenvalue weighted by molar-refractivity contribution is 7.89. The van der Waals surface area contributed by atoms with E-state index in [0.717, 1.165) is 18.2 Å². The van der Waals surface area contributed by atoms with Gasteiger partial charge in [-0.1, -0.05) is 6.92 Å². The van der Waals surface area contributed by atoms with Gasteiger partial charge in [-0.05, 0) is 37.0 Å². The summed E-state index contributed by atoms with van der Waals surface area (Å²) in [7, 11) is -4.10. The number of carbonyl (C=O) groups is 1. The number of hydrogen-bond acceptors (Lipinski definition) is 4. The van der Waals surface area contributed by atoms with E-state index in [2.05, 4.69) is 4.72 Å². The molecule has 118 valence electrons. The summed E-state index contributed by atoms with van der Waals surface area (Å²) in [6, 6.07) is 2.60. The molecule has 6 nitrogen and oxygen atoms in total. The molecular formula is C13H18FNO5S. The molecule has 1 atom stereocenters. The first-order valence-electron chi connectivity index (χ1n) is 6.41. The molecule has 0 amide bonds. The number of carboxylic acid groups (broad SMARTS) is 1. The van der Waals surface area contributed by atoms with Crippen molar-refractivity contribution in [2.75, 3.05) is 13.2 Å². The van der Waals surface area contributed by atoms with Crippen molar-refractivity contribution in [3.8, 4) is 0 Å². The lowest BCUT2D eigenvalue weighted by atomic mass is 10.1. The van der Waals surface area contributed by atoms with E-state index in [-0.39, 0.29) is 24.6 Å². The van der Waals surface area contributed by atoms with Crippen LogP contribution in [-0.2, 0) is 10.0 Å². The average Bonchev–Trinajstić information content (AvgIpc) is 2.43. The largest absolute Gasteiger partial charge is 0.478 e. The molecule has 0 aromatic heterocycles. The van der Waals surface area contributed by atoms with Gasteiger partial charge in [0.05, 0.1) is 5.56 Å². The van der Waals surface area contributed by atoms with Gasteiger partial charge in [0.15, 0.2) is 0 Å². The smallest absolute Gasteiger partial charge is 0.335 e. The lowest BCUT2D eigenvalue weighted by Crippen LogP contribution is -2.26. The molecule has 0 heterocycles. The van der Waals surface area contributed by atoms with Crippen molar-refractivity contribution in [1.82, 2.24) is 4.72 Å². The molecule has 1 aromatic rings. The number of aliphatic hydroxyl groups is 1. The van der Waals surface area contributed by atoms with Gasteiger partial charge in [-0.15, -0.1) is 0 Å². The second-order valence-corrected chi connectivity index (χ2v) is 6.51. The molecule has 3 N–H and O–H groups in total. The molecule has 1 rings (SSSR count). The SMILES string of the molecule is CC(CO)CCCNS(=O)(=O)c1cc(C(=O)O)ccc1F. The minimum Gasteiger partial charge on any atom is -0.478 e. The number of sulfonamides is 1.